The van der Waals surface area contributed by atoms with E-state index in [2.05, 4.69) is 10.0 Å². The normalized spacial score (nSPS) is 11.4. The number of nitrogens with zero attached hydrogens (tertiary/aromatic N) is 3. The molecule has 0 spiro atoms. The Balaban J connectivity index is 2.46. The van der Waals surface area contributed by atoms with E-state index < -0.39 is 12.1 Å². The standard InChI is InChI=1S/C11H12ClN3O3/c12-8-18-10(6-14-15-13)7-17-11(16)9-4-2-1-3-5-9/h1-5,10H,6-8H2. The van der Waals surface area contributed by atoms with Gasteiger partial charge in [0.2, 0.25) is 0 Å². The minimum absolute atomic E-state index is 0.0144. The number of ether oxygens (including phenoxy) is 2. The van der Waals surface area contributed by atoms with E-state index in [-0.39, 0.29) is 19.2 Å². The van der Waals surface area contributed by atoms with E-state index >= 15 is 0 Å². The average Bonchev–Trinajstić information content (AvgIpc) is 2.42. The van der Waals surface area contributed by atoms with Gasteiger partial charge >= 0.3 is 5.97 Å². The highest BCUT2D eigenvalue weighted by Gasteiger charge is 2.12. The lowest BCUT2D eigenvalue weighted by Gasteiger charge is -2.14. The molecule has 7 heteroatoms. The average molecular weight is 270 g/mol. The van der Waals surface area contributed by atoms with Crippen molar-refractivity contribution in [1.82, 2.24) is 0 Å². The number of carbonyl (C=O) groups excluding carboxylic acids is 1. The largest absolute Gasteiger partial charge is 0.459 e. The van der Waals surface area contributed by atoms with Crippen LogP contribution >= 0.6 is 11.6 Å². The van der Waals surface area contributed by atoms with Crippen molar-refractivity contribution in [2.75, 3.05) is 19.2 Å². The zero-order chi connectivity index (χ0) is 13.2. The van der Waals surface area contributed by atoms with Crippen LogP contribution in [0, 0.1) is 0 Å². The van der Waals surface area contributed by atoms with Crippen molar-refractivity contribution < 1.29 is 14.3 Å². The summed E-state index contributed by atoms with van der Waals surface area (Å²) in [6.07, 6.45) is -0.536. The monoisotopic (exact) mass is 269 g/mol. The summed E-state index contributed by atoms with van der Waals surface area (Å²) in [5.74, 6) is -0.459. The summed E-state index contributed by atoms with van der Waals surface area (Å²) in [6.45, 7) is 0.0464. The van der Waals surface area contributed by atoms with Gasteiger partial charge in [-0.2, -0.15) is 0 Å². The molecular formula is C11H12ClN3O3. The molecule has 0 saturated heterocycles. The van der Waals surface area contributed by atoms with Gasteiger partial charge in [0, 0.05) is 4.91 Å². The number of hydrogen-bond donors (Lipinski definition) is 0. The van der Waals surface area contributed by atoms with Crippen molar-refractivity contribution in [3.63, 3.8) is 0 Å². The fraction of sp³-hybridized carbons (Fsp3) is 0.364. The van der Waals surface area contributed by atoms with E-state index in [1.807, 2.05) is 0 Å². The zero-order valence-electron chi connectivity index (χ0n) is 9.53. The van der Waals surface area contributed by atoms with Crippen molar-refractivity contribution in [3.8, 4) is 0 Å². The van der Waals surface area contributed by atoms with Crippen LogP contribution in [0.15, 0.2) is 35.4 Å². The zero-order valence-corrected chi connectivity index (χ0v) is 10.3. The minimum atomic E-state index is -0.536. The third-order valence-corrected chi connectivity index (χ3v) is 2.18. The second kappa shape index (κ2) is 8.36. The molecule has 0 radical (unpaired) electrons. The molecule has 1 aromatic rings. The molecule has 96 valence electrons. The van der Waals surface area contributed by atoms with Gasteiger partial charge in [0.05, 0.1) is 18.2 Å². The highest BCUT2D eigenvalue weighted by molar-refractivity contribution is 6.17. The second-order valence-corrected chi connectivity index (χ2v) is 3.49. The number of alkyl halides is 1. The Morgan fingerprint density at radius 3 is 2.78 bits per heavy atom. The molecule has 1 aromatic carbocycles. The quantitative estimate of drug-likeness (QED) is 0.251. The Labute approximate surface area is 109 Å². The van der Waals surface area contributed by atoms with Crippen LogP contribution in [-0.2, 0) is 9.47 Å². The predicted octanol–water partition coefficient (Wildman–Crippen LogP) is 2.74. The Kier molecular flexibility index (Phi) is 6.64. The van der Waals surface area contributed by atoms with Crippen LogP contribution in [0.2, 0.25) is 0 Å². The number of carbonyl (C=O) groups is 1. The lowest BCUT2D eigenvalue weighted by molar-refractivity contribution is 0.00907. The molecule has 1 atom stereocenters. The van der Waals surface area contributed by atoms with Crippen LogP contribution in [0.4, 0.5) is 0 Å². The maximum atomic E-state index is 11.6. The van der Waals surface area contributed by atoms with E-state index in [0.29, 0.717) is 5.56 Å². The fourth-order valence-electron chi connectivity index (χ4n) is 1.20. The van der Waals surface area contributed by atoms with Gasteiger partial charge in [0.1, 0.15) is 12.7 Å². The van der Waals surface area contributed by atoms with Gasteiger partial charge in [-0.15, -0.1) is 0 Å². The Morgan fingerprint density at radius 1 is 1.44 bits per heavy atom. The maximum absolute atomic E-state index is 11.6. The van der Waals surface area contributed by atoms with E-state index in [4.69, 9.17) is 26.6 Å². The summed E-state index contributed by atoms with van der Waals surface area (Å²) in [5, 5.41) is 3.35. The SMILES string of the molecule is [N-]=[N+]=NCC(COC(=O)c1ccccc1)OCCl. The third-order valence-electron chi connectivity index (χ3n) is 2.06. The molecule has 18 heavy (non-hydrogen) atoms. The molecule has 0 aliphatic rings. The van der Waals surface area contributed by atoms with Crippen LogP contribution in [0.25, 0.3) is 10.4 Å². The van der Waals surface area contributed by atoms with Gasteiger partial charge in [-0.3, -0.25) is 0 Å². The summed E-state index contributed by atoms with van der Waals surface area (Å²) < 4.78 is 10.1. The smallest absolute Gasteiger partial charge is 0.338 e. The molecule has 1 unspecified atom stereocenters. The molecule has 0 bridgehead atoms. The molecule has 0 heterocycles. The highest BCUT2D eigenvalue weighted by Crippen LogP contribution is 2.03. The maximum Gasteiger partial charge on any atom is 0.338 e. The lowest BCUT2D eigenvalue weighted by Crippen LogP contribution is -2.24. The molecule has 0 amide bonds. The summed E-state index contributed by atoms with van der Waals surface area (Å²) in [7, 11) is 0. The van der Waals surface area contributed by atoms with Gasteiger partial charge in [0.25, 0.3) is 0 Å². The fourth-order valence-corrected chi connectivity index (χ4v) is 1.37. The highest BCUT2D eigenvalue weighted by atomic mass is 35.5. The van der Waals surface area contributed by atoms with Crippen molar-refractivity contribution in [2.24, 2.45) is 5.11 Å². The molecular weight excluding hydrogens is 258 g/mol. The second-order valence-electron chi connectivity index (χ2n) is 3.28. The Bertz CT molecular complexity index is 421. The van der Waals surface area contributed by atoms with Crippen LogP contribution in [0.3, 0.4) is 0 Å². The molecule has 0 aliphatic carbocycles. The number of benzene rings is 1. The van der Waals surface area contributed by atoms with E-state index in [1.165, 1.54) is 0 Å². The minimum Gasteiger partial charge on any atom is -0.459 e. The first-order valence-corrected chi connectivity index (χ1v) is 5.72. The molecule has 0 saturated carbocycles. The topological polar surface area (TPSA) is 84.3 Å². The molecule has 6 nitrogen and oxygen atoms in total. The van der Waals surface area contributed by atoms with Gasteiger partial charge in [-0.05, 0) is 17.7 Å². The molecule has 0 N–H and O–H groups in total. The molecule has 0 aliphatic heterocycles. The summed E-state index contributed by atoms with van der Waals surface area (Å²) in [4.78, 5) is 14.2. The predicted molar refractivity (Wildman–Crippen MR) is 66.3 cm³/mol. The van der Waals surface area contributed by atoms with Crippen LogP contribution < -0.4 is 0 Å². The van der Waals surface area contributed by atoms with Crippen LogP contribution in [-0.4, -0.2) is 31.3 Å². The van der Waals surface area contributed by atoms with Crippen molar-refractivity contribution >= 4 is 17.6 Å². The third kappa shape index (κ3) is 5.05. The number of halogens is 1. The molecule has 0 aromatic heterocycles. The first-order valence-electron chi connectivity index (χ1n) is 5.18. The van der Waals surface area contributed by atoms with E-state index in [9.17, 15) is 4.79 Å². The van der Waals surface area contributed by atoms with E-state index in [1.54, 1.807) is 30.3 Å². The van der Waals surface area contributed by atoms with Crippen LogP contribution in [0.1, 0.15) is 10.4 Å². The summed E-state index contributed by atoms with van der Waals surface area (Å²) in [5.41, 5.74) is 8.65. The number of rotatable bonds is 7. The van der Waals surface area contributed by atoms with E-state index in [0.717, 1.165) is 0 Å². The van der Waals surface area contributed by atoms with Crippen molar-refractivity contribution in [3.05, 3.63) is 46.3 Å². The summed E-state index contributed by atoms with van der Waals surface area (Å²) >= 11 is 5.41. The number of esters is 1. The van der Waals surface area contributed by atoms with Crippen LogP contribution in [0.5, 0.6) is 0 Å². The summed E-state index contributed by atoms with van der Waals surface area (Å²) in [6, 6.07) is 8.51. The molecule has 0 fully saturated rings. The Morgan fingerprint density at radius 2 is 2.17 bits per heavy atom. The van der Waals surface area contributed by atoms with Gasteiger partial charge < -0.3 is 9.47 Å². The van der Waals surface area contributed by atoms with Crippen molar-refractivity contribution in [1.29, 1.82) is 0 Å². The Hall–Kier alpha value is -1.75. The van der Waals surface area contributed by atoms with Gasteiger partial charge in [0.15, 0.2) is 0 Å². The number of azide groups is 1. The first kappa shape index (κ1) is 14.3. The number of hydrogen-bond acceptors (Lipinski definition) is 4. The van der Waals surface area contributed by atoms with Crippen molar-refractivity contribution in [2.45, 2.75) is 6.10 Å². The lowest BCUT2D eigenvalue weighted by atomic mass is 10.2. The first-order chi connectivity index (χ1) is 8.77. The molecule has 1 rings (SSSR count). The van der Waals surface area contributed by atoms with Gasteiger partial charge in [-0.1, -0.05) is 34.9 Å². The van der Waals surface area contributed by atoms with Gasteiger partial charge in [-0.25, -0.2) is 4.79 Å².